The van der Waals surface area contributed by atoms with E-state index < -0.39 is 0 Å². The van der Waals surface area contributed by atoms with E-state index in [1.54, 1.807) is 22.2 Å². The molecule has 138 valence electrons. The molecule has 5 heterocycles. The maximum Gasteiger partial charge on any atom is 0.197 e. The van der Waals surface area contributed by atoms with E-state index in [0.29, 0.717) is 11.7 Å². The number of piperidine rings is 1. The zero-order valence-corrected chi connectivity index (χ0v) is 15.9. The highest BCUT2D eigenvalue weighted by molar-refractivity contribution is 7.09. The fourth-order valence-electron chi connectivity index (χ4n) is 3.65. The van der Waals surface area contributed by atoms with Crippen LogP contribution >= 0.6 is 11.3 Å². The molecule has 1 aliphatic heterocycles. The van der Waals surface area contributed by atoms with Gasteiger partial charge < -0.3 is 4.57 Å². The van der Waals surface area contributed by atoms with Gasteiger partial charge in [0.15, 0.2) is 11.3 Å². The first kappa shape index (κ1) is 16.5. The van der Waals surface area contributed by atoms with E-state index in [2.05, 4.69) is 29.5 Å². The van der Waals surface area contributed by atoms with Crippen molar-refractivity contribution in [2.75, 3.05) is 13.1 Å². The lowest BCUT2D eigenvalue weighted by molar-refractivity contribution is 0.181. The molecule has 0 unspecified atom stereocenters. The zero-order chi connectivity index (χ0) is 18.2. The molecule has 1 aliphatic rings. The number of aromatic nitrogens is 7. The summed E-state index contributed by atoms with van der Waals surface area (Å²) in [5, 5.41) is 7.46. The largest absolute Gasteiger partial charge is 0.311 e. The first-order valence-corrected chi connectivity index (χ1v) is 9.93. The molecule has 1 fully saturated rings. The highest BCUT2D eigenvalue weighted by atomic mass is 32.1. The number of fused-ring (bicyclic) bond motifs is 1. The highest BCUT2D eigenvalue weighted by Crippen LogP contribution is 2.27. The van der Waals surface area contributed by atoms with Gasteiger partial charge in [-0.3, -0.25) is 9.58 Å². The first-order valence-electron chi connectivity index (χ1n) is 9.05. The Morgan fingerprint density at radius 3 is 2.78 bits per heavy atom. The lowest BCUT2D eigenvalue weighted by Gasteiger charge is -2.32. The molecule has 4 aromatic rings. The average Bonchev–Trinajstić information content (AvgIpc) is 3.43. The molecule has 0 atom stereocenters. The van der Waals surface area contributed by atoms with Gasteiger partial charge in [-0.2, -0.15) is 5.10 Å². The summed E-state index contributed by atoms with van der Waals surface area (Å²) in [6.45, 7) is 3.05. The van der Waals surface area contributed by atoms with Crippen LogP contribution in [0.5, 0.6) is 0 Å². The molecular formula is C18H20N8S. The Morgan fingerprint density at radius 2 is 2.04 bits per heavy atom. The number of imidazole rings is 1. The summed E-state index contributed by atoms with van der Waals surface area (Å²) in [6, 6.07) is 0.404. The predicted molar refractivity (Wildman–Crippen MR) is 103 cm³/mol. The average molecular weight is 380 g/mol. The van der Waals surface area contributed by atoms with Crippen LogP contribution < -0.4 is 0 Å². The molecule has 27 heavy (non-hydrogen) atoms. The van der Waals surface area contributed by atoms with Gasteiger partial charge in [-0.25, -0.2) is 19.9 Å². The summed E-state index contributed by atoms with van der Waals surface area (Å²) in [5.41, 5.74) is 3.36. The Hall–Kier alpha value is -2.65. The second kappa shape index (κ2) is 6.82. The van der Waals surface area contributed by atoms with Crippen molar-refractivity contribution < 1.29 is 0 Å². The van der Waals surface area contributed by atoms with Crippen LogP contribution in [0.15, 0.2) is 36.5 Å². The smallest absolute Gasteiger partial charge is 0.197 e. The minimum Gasteiger partial charge on any atom is -0.311 e. The third kappa shape index (κ3) is 3.24. The van der Waals surface area contributed by atoms with Gasteiger partial charge >= 0.3 is 0 Å². The normalized spacial score (nSPS) is 16.3. The monoisotopic (exact) mass is 380 g/mol. The lowest BCUT2D eigenvalue weighted by Crippen LogP contribution is -2.34. The molecule has 0 aliphatic carbocycles. The Kier molecular flexibility index (Phi) is 4.17. The fourth-order valence-corrected chi connectivity index (χ4v) is 4.30. The molecule has 0 saturated carbocycles. The van der Waals surface area contributed by atoms with Crippen LogP contribution in [-0.2, 0) is 13.6 Å². The van der Waals surface area contributed by atoms with Crippen molar-refractivity contribution in [2.24, 2.45) is 7.05 Å². The van der Waals surface area contributed by atoms with Crippen molar-refractivity contribution in [1.29, 1.82) is 0 Å². The Morgan fingerprint density at radius 1 is 1.15 bits per heavy atom. The molecule has 9 heteroatoms. The number of nitrogens with zero attached hydrogens (tertiary/aromatic N) is 8. The molecule has 0 spiro atoms. The third-order valence-electron chi connectivity index (χ3n) is 5.08. The first-order chi connectivity index (χ1) is 13.3. The van der Waals surface area contributed by atoms with Crippen molar-refractivity contribution in [3.63, 3.8) is 0 Å². The number of hydrogen-bond acceptors (Lipinski definition) is 7. The van der Waals surface area contributed by atoms with Crippen molar-refractivity contribution >= 4 is 22.6 Å². The van der Waals surface area contributed by atoms with Crippen LogP contribution in [0.1, 0.15) is 23.9 Å². The molecule has 0 N–H and O–H groups in total. The summed E-state index contributed by atoms with van der Waals surface area (Å²) in [6.07, 6.45) is 11.5. The maximum atomic E-state index is 4.84. The topological polar surface area (TPSA) is 77.5 Å². The number of rotatable bonds is 4. The van der Waals surface area contributed by atoms with E-state index in [1.165, 1.54) is 5.01 Å². The Balaban J connectivity index is 1.36. The quantitative estimate of drug-likeness (QED) is 0.541. The van der Waals surface area contributed by atoms with E-state index in [-0.39, 0.29) is 0 Å². The van der Waals surface area contributed by atoms with Crippen LogP contribution in [0.3, 0.4) is 0 Å². The Labute approximate surface area is 160 Å². The predicted octanol–water partition coefficient (Wildman–Crippen LogP) is 2.52. The second-order valence-electron chi connectivity index (χ2n) is 6.89. The van der Waals surface area contributed by atoms with Crippen molar-refractivity contribution in [3.05, 3.63) is 41.5 Å². The molecule has 5 rings (SSSR count). The molecule has 0 radical (unpaired) electrons. The van der Waals surface area contributed by atoms with Gasteiger partial charge in [0, 0.05) is 49.5 Å². The van der Waals surface area contributed by atoms with Gasteiger partial charge in [0.05, 0.1) is 31.0 Å². The Bertz CT molecular complexity index is 1040. The summed E-state index contributed by atoms with van der Waals surface area (Å²) in [5.74, 6) is 0. The summed E-state index contributed by atoms with van der Waals surface area (Å²) >= 11 is 1.73. The van der Waals surface area contributed by atoms with Crippen LogP contribution in [0, 0.1) is 0 Å². The molecule has 1 saturated heterocycles. The number of likely N-dealkylation sites (tertiary alicyclic amines) is 1. The van der Waals surface area contributed by atoms with Gasteiger partial charge in [0.25, 0.3) is 0 Å². The molecule has 8 nitrogen and oxygen atoms in total. The summed E-state index contributed by atoms with van der Waals surface area (Å²) in [7, 11) is 1.90. The standard InChI is InChI=1S/C18H20N8S/c1-24-10-13(8-22-24)15-9-20-17-18(23-15)26(12-21-17)14-2-5-25(6-3-14)11-16-19-4-7-27-16/h4,7-10,12,14H,2-3,5-6,11H2,1H3. The van der Waals surface area contributed by atoms with Crippen LogP contribution in [0.2, 0.25) is 0 Å². The van der Waals surface area contributed by atoms with E-state index in [0.717, 1.165) is 49.4 Å². The summed E-state index contributed by atoms with van der Waals surface area (Å²) < 4.78 is 3.97. The van der Waals surface area contributed by atoms with Crippen LogP contribution in [-0.4, -0.2) is 52.3 Å². The molecule has 0 aromatic carbocycles. The van der Waals surface area contributed by atoms with Crippen molar-refractivity contribution in [1.82, 2.24) is 39.2 Å². The maximum absolute atomic E-state index is 4.84. The third-order valence-corrected chi connectivity index (χ3v) is 5.84. The molecular weight excluding hydrogens is 360 g/mol. The summed E-state index contributed by atoms with van der Waals surface area (Å²) in [4.78, 5) is 20.7. The zero-order valence-electron chi connectivity index (χ0n) is 15.1. The van der Waals surface area contributed by atoms with Gasteiger partial charge in [-0.15, -0.1) is 11.3 Å². The van der Waals surface area contributed by atoms with Crippen LogP contribution in [0.25, 0.3) is 22.6 Å². The number of hydrogen-bond donors (Lipinski definition) is 0. The van der Waals surface area contributed by atoms with E-state index in [9.17, 15) is 0 Å². The van der Waals surface area contributed by atoms with Crippen LogP contribution in [0.4, 0.5) is 0 Å². The molecule has 0 amide bonds. The van der Waals surface area contributed by atoms with E-state index in [1.807, 2.05) is 37.3 Å². The van der Waals surface area contributed by atoms with Gasteiger partial charge in [-0.1, -0.05) is 0 Å². The SMILES string of the molecule is Cn1cc(-c2cnc3ncn(C4CCN(Cc5nccs5)CC4)c3n2)cn1. The minimum absolute atomic E-state index is 0.404. The second-order valence-corrected chi connectivity index (χ2v) is 7.87. The number of thiazole rings is 1. The van der Waals surface area contributed by atoms with Crippen molar-refractivity contribution in [2.45, 2.75) is 25.4 Å². The number of aryl methyl sites for hydroxylation is 1. The van der Waals surface area contributed by atoms with Crippen molar-refractivity contribution in [3.8, 4) is 11.3 Å². The molecule has 4 aromatic heterocycles. The fraction of sp³-hybridized carbons (Fsp3) is 0.389. The minimum atomic E-state index is 0.404. The van der Waals surface area contributed by atoms with E-state index >= 15 is 0 Å². The lowest BCUT2D eigenvalue weighted by atomic mass is 10.1. The van der Waals surface area contributed by atoms with Gasteiger partial charge in [0.2, 0.25) is 0 Å². The molecule has 0 bridgehead atoms. The highest BCUT2D eigenvalue weighted by Gasteiger charge is 2.23. The van der Waals surface area contributed by atoms with E-state index in [4.69, 9.17) is 4.98 Å². The van der Waals surface area contributed by atoms with Gasteiger partial charge in [0.1, 0.15) is 5.01 Å². The van der Waals surface area contributed by atoms with Gasteiger partial charge in [-0.05, 0) is 12.8 Å².